The summed E-state index contributed by atoms with van der Waals surface area (Å²) in [5, 5.41) is 6.81. The van der Waals surface area contributed by atoms with Crippen molar-refractivity contribution in [1.82, 2.24) is 9.38 Å². The van der Waals surface area contributed by atoms with E-state index in [0.717, 1.165) is 5.52 Å². The van der Waals surface area contributed by atoms with Crippen LogP contribution in [0.3, 0.4) is 0 Å². The maximum Gasteiger partial charge on any atom is 0.0822 e. The number of para-hydroxylation sites is 1. The number of fused-ring (bicyclic) bond motifs is 6. The number of nitrogens with zero attached hydrogens (tertiary/aromatic N) is 2. The Balaban J connectivity index is 1.89. The number of aryl methyl sites for hydroxylation is 3. The number of pyridine rings is 2. The van der Waals surface area contributed by atoms with Crippen molar-refractivity contribution in [3.05, 3.63) is 70.9 Å². The molecule has 0 saturated heterocycles. The molecule has 1 saturated carbocycles. The summed E-state index contributed by atoms with van der Waals surface area (Å²) in [5.41, 5.74) is 10.7. The normalized spacial score (nSPS) is 15.6. The smallest absolute Gasteiger partial charge is 0.0822 e. The molecule has 0 amide bonds. The summed E-state index contributed by atoms with van der Waals surface area (Å²) in [7, 11) is 0. The largest absolute Gasteiger partial charge is 0.307 e. The maximum absolute atomic E-state index is 4.95. The molecular formula is C29H26N2. The summed E-state index contributed by atoms with van der Waals surface area (Å²) in [4.78, 5) is 4.95. The van der Waals surface area contributed by atoms with Gasteiger partial charge in [-0.25, -0.2) is 0 Å². The highest BCUT2D eigenvalue weighted by molar-refractivity contribution is 6.29. The van der Waals surface area contributed by atoms with Crippen LogP contribution in [0.1, 0.15) is 53.9 Å². The maximum atomic E-state index is 4.95. The molecule has 7 rings (SSSR count). The topological polar surface area (TPSA) is 17.3 Å². The van der Waals surface area contributed by atoms with Gasteiger partial charge >= 0.3 is 0 Å². The first kappa shape index (κ1) is 17.5. The highest BCUT2D eigenvalue weighted by Crippen LogP contribution is 2.47. The van der Waals surface area contributed by atoms with Crippen LogP contribution < -0.4 is 0 Å². The van der Waals surface area contributed by atoms with Gasteiger partial charge < -0.3 is 4.40 Å². The van der Waals surface area contributed by atoms with E-state index >= 15 is 0 Å². The minimum absolute atomic E-state index is 0.668. The van der Waals surface area contributed by atoms with Crippen LogP contribution in [0.2, 0.25) is 0 Å². The molecule has 2 nitrogen and oxygen atoms in total. The first-order valence-corrected chi connectivity index (χ1v) is 11.6. The minimum atomic E-state index is 0.668. The van der Waals surface area contributed by atoms with Crippen LogP contribution in [0.4, 0.5) is 0 Å². The van der Waals surface area contributed by atoms with Gasteiger partial charge in [-0.3, -0.25) is 4.98 Å². The van der Waals surface area contributed by atoms with Crippen LogP contribution in [-0.4, -0.2) is 9.38 Å². The number of aromatic nitrogens is 2. The second-order valence-corrected chi connectivity index (χ2v) is 9.71. The minimum Gasteiger partial charge on any atom is -0.307 e. The van der Waals surface area contributed by atoms with Gasteiger partial charge in [0.25, 0.3) is 0 Å². The molecule has 1 aliphatic rings. The average Bonchev–Trinajstić information content (AvgIpc) is 3.40. The van der Waals surface area contributed by atoms with Gasteiger partial charge in [-0.15, -0.1) is 0 Å². The van der Waals surface area contributed by atoms with Crippen molar-refractivity contribution in [3.8, 4) is 0 Å². The van der Waals surface area contributed by atoms with Gasteiger partial charge in [0.1, 0.15) is 0 Å². The molecule has 0 N–H and O–H groups in total. The van der Waals surface area contributed by atoms with E-state index in [-0.39, 0.29) is 0 Å². The van der Waals surface area contributed by atoms with E-state index in [1.54, 1.807) is 5.56 Å². The molecule has 3 heterocycles. The highest BCUT2D eigenvalue weighted by atomic mass is 14.9. The number of benzene rings is 3. The molecule has 0 unspecified atom stereocenters. The second-order valence-electron chi connectivity index (χ2n) is 9.71. The molecule has 3 aromatic heterocycles. The summed E-state index contributed by atoms with van der Waals surface area (Å²) in [6.07, 6.45) is 7.33. The van der Waals surface area contributed by atoms with Gasteiger partial charge in [-0.1, -0.05) is 42.7 Å². The standard InChI is InChI=1S/C29H26N2/c1-16-13-18(3)28-23(14-16)26-24-20(11-12-30-26)15-22(19-8-4-5-9-19)25-21-10-6-7-17(2)27(21)31(28)29(24)25/h6-7,10-15,19H,4-5,8-9H2,1-3H3. The van der Waals surface area contributed by atoms with Crippen molar-refractivity contribution in [2.24, 2.45) is 0 Å². The zero-order valence-corrected chi connectivity index (χ0v) is 18.4. The lowest BCUT2D eigenvalue weighted by Crippen LogP contribution is -1.99. The Labute approximate surface area is 181 Å². The molecule has 0 bridgehead atoms. The van der Waals surface area contributed by atoms with E-state index in [1.807, 2.05) is 6.20 Å². The Morgan fingerprint density at radius 2 is 1.61 bits per heavy atom. The molecule has 6 aromatic rings. The number of hydrogen-bond donors (Lipinski definition) is 0. The van der Waals surface area contributed by atoms with Crippen molar-refractivity contribution in [3.63, 3.8) is 0 Å². The molecular weight excluding hydrogens is 376 g/mol. The lowest BCUT2D eigenvalue weighted by Gasteiger charge is -2.18. The van der Waals surface area contributed by atoms with E-state index in [1.165, 1.54) is 85.9 Å². The Bertz CT molecular complexity index is 1660. The fourth-order valence-corrected chi connectivity index (χ4v) is 6.55. The van der Waals surface area contributed by atoms with Crippen LogP contribution in [0.5, 0.6) is 0 Å². The van der Waals surface area contributed by atoms with Gasteiger partial charge in [0.15, 0.2) is 0 Å². The van der Waals surface area contributed by atoms with Crippen LogP contribution in [0.25, 0.3) is 49.0 Å². The van der Waals surface area contributed by atoms with Crippen LogP contribution >= 0.6 is 0 Å². The highest BCUT2D eigenvalue weighted by Gasteiger charge is 2.27. The fourth-order valence-electron chi connectivity index (χ4n) is 6.55. The molecule has 31 heavy (non-hydrogen) atoms. The molecule has 2 heteroatoms. The number of hydrogen-bond acceptors (Lipinski definition) is 1. The Hall–Kier alpha value is -3.13. The third-order valence-electron chi connectivity index (χ3n) is 7.73. The van der Waals surface area contributed by atoms with Crippen molar-refractivity contribution in [1.29, 1.82) is 0 Å². The first-order valence-electron chi connectivity index (χ1n) is 11.6. The Morgan fingerprint density at radius 3 is 2.45 bits per heavy atom. The molecule has 1 fully saturated rings. The van der Waals surface area contributed by atoms with Crippen molar-refractivity contribution < 1.29 is 0 Å². The summed E-state index contributed by atoms with van der Waals surface area (Å²) in [5.74, 6) is 0.668. The van der Waals surface area contributed by atoms with Crippen LogP contribution in [0, 0.1) is 20.8 Å². The lowest BCUT2D eigenvalue weighted by molar-refractivity contribution is 0.731. The van der Waals surface area contributed by atoms with Gasteiger partial charge in [-0.2, -0.15) is 0 Å². The molecule has 0 radical (unpaired) electrons. The summed E-state index contributed by atoms with van der Waals surface area (Å²) in [6.45, 7) is 6.72. The molecule has 1 aliphatic carbocycles. The van der Waals surface area contributed by atoms with Crippen molar-refractivity contribution in [2.75, 3.05) is 0 Å². The molecule has 0 aliphatic heterocycles. The van der Waals surface area contributed by atoms with E-state index in [2.05, 4.69) is 67.6 Å². The molecule has 0 spiro atoms. The van der Waals surface area contributed by atoms with E-state index in [4.69, 9.17) is 4.98 Å². The average molecular weight is 403 g/mol. The second kappa shape index (κ2) is 5.97. The van der Waals surface area contributed by atoms with E-state index in [9.17, 15) is 0 Å². The van der Waals surface area contributed by atoms with Gasteiger partial charge in [0.2, 0.25) is 0 Å². The van der Waals surface area contributed by atoms with Gasteiger partial charge in [-0.05, 0) is 79.8 Å². The summed E-state index contributed by atoms with van der Waals surface area (Å²) in [6, 6.07) is 16.2. The first-order chi connectivity index (χ1) is 15.1. The van der Waals surface area contributed by atoms with E-state index in [0.29, 0.717) is 5.92 Å². The Kier molecular flexibility index (Phi) is 3.38. The van der Waals surface area contributed by atoms with Crippen LogP contribution in [0.15, 0.2) is 48.7 Å². The predicted octanol–water partition coefficient (Wildman–Crippen LogP) is 7.97. The fraction of sp³-hybridized carbons (Fsp3) is 0.276. The predicted molar refractivity (Wildman–Crippen MR) is 132 cm³/mol. The van der Waals surface area contributed by atoms with Gasteiger partial charge in [0, 0.05) is 27.7 Å². The summed E-state index contributed by atoms with van der Waals surface area (Å²) < 4.78 is 2.58. The third kappa shape index (κ3) is 2.15. The number of rotatable bonds is 1. The zero-order valence-electron chi connectivity index (χ0n) is 18.4. The van der Waals surface area contributed by atoms with Crippen LogP contribution in [-0.2, 0) is 0 Å². The third-order valence-corrected chi connectivity index (χ3v) is 7.73. The Morgan fingerprint density at radius 1 is 0.806 bits per heavy atom. The zero-order chi connectivity index (χ0) is 20.9. The molecule has 152 valence electrons. The molecule has 0 atom stereocenters. The van der Waals surface area contributed by atoms with Gasteiger partial charge in [0.05, 0.1) is 22.1 Å². The SMILES string of the molecule is Cc1cc(C)c2c(c1)c1nccc3cc(C4CCCC4)c4c5cccc(C)c5n2c4c31. The van der Waals surface area contributed by atoms with Crippen molar-refractivity contribution in [2.45, 2.75) is 52.4 Å². The quantitative estimate of drug-likeness (QED) is 0.201. The lowest BCUT2D eigenvalue weighted by atomic mass is 9.89. The van der Waals surface area contributed by atoms with E-state index < -0.39 is 0 Å². The monoisotopic (exact) mass is 402 g/mol. The summed E-state index contributed by atoms with van der Waals surface area (Å²) >= 11 is 0. The van der Waals surface area contributed by atoms with Crippen molar-refractivity contribution >= 4 is 49.0 Å². The molecule has 3 aromatic carbocycles.